The van der Waals surface area contributed by atoms with E-state index in [9.17, 15) is 0 Å². The molecule has 0 aromatic carbocycles. The van der Waals surface area contributed by atoms with Crippen LogP contribution in [0.1, 0.15) is 30.8 Å². The Morgan fingerprint density at radius 1 is 1.39 bits per heavy atom. The Balaban J connectivity index is 2.96. The second-order valence-corrected chi connectivity index (χ2v) is 5.33. The Bertz CT molecular complexity index is 473. The fourth-order valence-electron chi connectivity index (χ4n) is 1.43. The maximum absolute atomic E-state index is 9.15. The van der Waals surface area contributed by atoms with Gasteiger partial charge < -0.3 is 9.64 Å². The summed E-state index contributed by atoms with van der Waals surface area (Å²) in [5.74, 6) is 0.623. The standard InChI is InChI=1S/C14H21N3O/c1-10-7-13(12(8-15)11(2)16-10)18-9-14(3,4)17(5)6/h7H,9H2,1-6H3. The molecule has 18 heavy (non-hydrogen) atoms. The van der Waals surface area contributed by atoms with Crippen LogP contribution in [0.2, 0.25) is 0 Å². The predicted molar refractivity (Wildman–Crippen MR) is 71.7 cm³/mol. The number of rotatable bonds is 4. The van der Waals surface area contributed by atoms with E-state index in [1.165, 1.54) is 0 Å². The van der Waals surface area contributed by atoms with Crippen LogP contribution >= 0.6 is 0 Å². The smallest absolute Gasteiger partial charge is 0.140 e. The lowest BCUT2D eigenvalue weighted by Crippen LogP contribution is -2.43. The van der Waals surface area contributed by atoms with Gasteiger partial charge in [-0.25, -0.2) is 0 Å². The molecule has 98 valence electrons. The van der Waals surface area contributed by atoms with Crippen molar-refractivity contribution in [1.29, 1.82) is 5.26 Å². The van der Waals surface area contributed by atoms with Crippen molar-refractivity contribution in [2.24, 2.45) is 0 Å². The minimum atomic E-state index is -0.0855. The second kappa shape index (κ2) is 5.36. The molecule has 0 amide bonds. The van der Waals surface area contributed by atoms with Crippen molar-refractivity contribution in [3.8, 4) is 11.8 Å². The summed E-state index contributed by atoms with van der Waals surface area (Å²) < 4.78 is 5.81. The molecule has 0 bridgehead atoms. The molecule has 0 saturated heterocycles. The summed E-state index contributed by atoms with van der Waals surface area (Å²) in [6.07, 6.45) is 0. The predicted octanol–water partition coefficient (Wildman–Crippen LogP) is 2.29. The molecule has 0 atom stereocenters. The highest BCUT2D eigenvalue weighted by Crippen LogP contribution is 2.23. The van der Waals surface area contributed by atoms with Gasteiger partial charge in [-0.3, -0.25) is 4.98 Å². The Morgan fingerprint density at radius 3 is 2.50 bits per heavy atom. The Kier molecular flexibility index (Phi) is 4.31. The molecule has 0 aliphatic rings. The van der Waals surface area contributed by atoms with Crippen LogP contribution < -0.4 is 4.74 Å². The zero-order chi connectivity index (χ0) is 13.9. The van der Waals surface area contributed by atoms with Crippen molar-refractivity contribution in [3.63, 3.8) is 0 Å². The zero-order valence-corrected chi connectivity index (χ0v) is 12.0. The number of ether oxygens (including phenoxy) is 1. The normalized spacial score (nSPS) is 11.4. The van der Waals surface area contributed by atoms with Crippen molar-refractivity contribution in [3.05, 3.63) is 23.0 Å². The van der Waals surface area contributed by atoms with Crippen molar-refractivity contribution in [2.45, 2.75) is 33.2 Å². The van der Waals surface area contributed by atoms with Crippen LogP contribution in [-0.2, 0) is 0 Å². The molecule has 4 nitrogen and oxygen atoms in total. The van der Waals surface area contributed by atoms with Gasteiger partial charge in [0, 0.05) is 17.3 Å². The summed E-state index contributed by atoms with van der Waals surface area (Å²) in [5.41, 5.74) is 2.02. The number of nitrogens with zero attached hydrogens (tertiary/aromatic N) is 3. The number of nitriles is 1. The van der Waals surface area contributed by atoms with E-state index in [2.05, 4.69) is 29.8 Å². The molecular weight excluding hydrogens is 226 g/mol. The third kappa shape index (κ3) is 3.21. The quantitative estimate of drug-likeness (QED) is 0.819. The number of likely N-dealkylation sites (N-methyl/N-ethyl adjacent to an activating group) is 1. The largest absolute Gasteiger partial charge is 0.490 e. The van der Waals surface area contributed by atoms with E-state index in [1.807, 2.05) is 34.0 Å². The van der Waals surface area contributed by atoms with Crippen LogP contribution in [0.5, 0.6) is 5.75 Å². The van der Waals surface area contributed by atoms with Crippen molar-refractivity contribution in [1.82, 2.24) is 9.88 Å². The minimum absolute atomic E-state index is 0.0855. The van der Waals surface area contributed by atoms with Gasteiger partial charge in [0.1, 0.15) is 24.0 Å². The van der Waals surface area contributed by atoms with Crippen molar-refractivity contribution < 1.29 is 4.74 Å². The molecule has 1 heterocycles. The van der Waals surface area contributed by atoms with E-state index < -0.39 is 0 Å². The highest BCUT2D eigenvalue weighted by atomic mass is 16.5. The molecule has 0 fully saturated rings. The van der Waals surface area contributed by atoms with Gasteiger partial charge in [-0.1, -0.05) is 0 Å². The first-order chi connectivity index (χ1) is 8.27. The summed E-state index contributed by atoms with van der Waals surface area (Å²) in [6.45, 7) is 8.45. The summed E-state index contributed by atoms with van der Waals surface area (Å²) >= 11 is 0. The highest BCUT2D eigenvalue weighted by Gasteiger charge is 2.22. The van der Waals surface area contributed by atoms with Gasteiger partial charge in [-0.2, -0.15) is 5.26 Å². The maximum Gasteiger partial charge on any atom is 0.140 e. The second-order valence-electron chi connectivity index (χ2n) is 5.33. The molecule has 1 aromatic heterocycles. The first kappa shape index (κ1) is 14.5. The van der Waals surface area contributed by atoms with Gasteiger partial charge in [-0.05, 0) is 41.8 Å². The summed E-state index contributed by atoms with van der Waals surface area (Å²) in [6, 6.07) is 3.97. The Labute approximate surface area is 109 Å². The van der Waals surface area contributed by atoms with Gasteiger partial charge in [0.25, 0.3) is 0 Å². The zero-order valence-electron chi connectivity index (χ0n) is 12.0. The molecule has 0 aliphatic heterocycles. The number of aromatic nitrogens is 1. The van der Waals surface area contributed by atoms with Gasteiger partial charge >= 0.3 is 0 Å². The van der Waals surface area contributed by atoms with Gasteiger partial charge in [-0.15, -0.1) is 0 Å². The van der Waals surface area contributed by atoms with Crippen molar-refractivity contribution in [2.75, 3.05) is 20.7 Å². The van der Waals surface area contributed by atoms with Crippen LogP contribution in [-0.4, -0.2) is 36.1 Å². The lowest BCUT2D eigenvalue weighted by Gasteiger charge is -2.32. The van der Waals surface area contributed by atoms with E-state index >= 15 is 0 Å². The highest BCUT2D eigenvalue weighted by molar-refractivity contribution is 5.46. The van der Waals surface area contributed by atoms with Crippen LogP contribution in [0.3, 0.4) is 0 Å². The summed E-state index contributed by atoms with van der Waals surface area (Å²) in [5, 5.41) is 9.15. The molecule has 0 aliphatic carbocycles. The maximum atomic E-state index is 9.15. The van der Waals surface area contributed by atoms with Crippen molar-refractivity contribution >= 4 is 0 Å². The Hall–Kier alpha value is -1.60. The molecule has 4 heteroatoms. The van der Waals surface area contributed by atoms with E-state index in [1.54, 1.807) is 0 Å². The average Bonchev–Trinajstić information content (AvgIpc) is 2.25. The number of aryl methyl sites for hydroxylation is 2. The number of pyridine rings is 1. The molecule has 0 spiro atoms. The first-order valence-corrected chi connectivity index (χ1v) is 5.96. The lowest BCUT2D eigenvalue weighted by atomic mass is 10.1. The third-order valence-electron chi connectivity index (χ3n) is 3.20. The molecule has 1 rings (SSSR count). The van der Waals surface area contributed by atoms with Crippen LogP contribution in [0.15, 0.2) is 6.07 Å². The molecule has 1 aromatic rings. The summed E-state index contributed by atoms with van der Waals surface area (Å²) in [7, 11) is 4.02. The topological polar surface area (TPSA) is 49.1 Å². The van der Waals surface area contributed by atoms with E-state index in [4.69, 9.17) is 10.00 Å². The lowest BCUT2D eigenvalue weighted by molar-refractivity contribution is 0.113. The molecule has 0 unspecified atom stereocenters. The summed E-state index contributed by atoms with van der Waals surface area (Å²) in [4.78, 5) is 6.37. The van der Waals surface area contributed by atoms with Gasteiger partial charge in [0.05, 0.1) is 5.69 Å². The SMILES string of the molecule is Cc1cc(OCC(C)(C)N(C)C)c(C#N)c(C)n1. The average molecular weight is 247 g/mol. The molecule has 0 radical (unpaired) electrons. The number of hydrogen-bond donors (Lipinski definition) is 0. The van der Waals surface area contributed by atoms with E-state index in [-0.39, 0.29) is 5.54 Å². The van der Waals surface area contributed by atoms with Crippen LogP contribution in [0.25, 0.3) is 0 Å². The first-order valence-electron chi connectivity index (χ1n) is 5.96. The fraction of sp³-hybridized carbons (Fsp3) is 0.571. The molecule has 0 saturated carbocycles. The molecular formula is C14H21N3O. The third-order valence-corrected chi connectivity index (χ3v) is 3.20. The van der Waals surface area contributed by atoms with E-state index in [0.717, 1.165) is 11.4 Å². The van der Waals surface area contributed by atoms with Crippen LogP contribution in [0.4, 0.5) is 0 Å². The number of hydrogen-bond acceptors (Lipinski definition) is 4. The molecule has 0 N–H and O–H groups in total. The minimum Gasteiger partial charge on any atom is -0.490 e. The van der Waals surface area contributed by atoms with Gasteiger partial charge in [0.15, 0.2) is 0 Å². The van der Waals surface area contributed by atoms with E-state index in [0.29, 0.717) is 17.9 Å². The monoisotopic (exact) mass is 247 g/mol. The fourth-order valence-corrected chi connectivity index (χ4v) is 1.43. The van der Waals surface area contributed by atoms with Crippen LogP contribution in [0, 0.1) is 25.2 Å². The Morgan fingerprint density at radius 2 is 2.00 bits per heavy atom. The van der Waals surface area contributed by atoms with Gasteiger partial charge in [0.2, 0.25) is 0 Å².